The SMILES string of the molecule is CC1(C)CC[C@]2(C(=O)O)CC[C@]3(C)C(=CC[C@@H]4[C@@]5(C)CC[C@H](O)C(C)(C)[C@@H]5CC[C@]43C)[C@@H]2C1.CC1(C)CC[C@]2(C(=O)O)CC[C@]3(C)C(=CC[C@@H]4[C@@]5(C)C[C@@H](O)[C@H](O)C(C)(C)[C@@H]5CC[C@]43C)[C@@H]2C1.CC1(C)CC[C@]2(CO)CC[C@]3(C)C(=CC[C@@H]4[C@@]5(C)CC[C@H](O)C(C)(C)[C@@H]5CC[C@]43C)[C@@H]2C1. The maximum Gasteiger partial charge on any atom is 0.310 e. The summed E-state index contributed by atoms with van der Waals surface area (Å²) in [6.07, 6.45) is 36.7. The minimum absolute atomic E-state index is 0.00785. The van der Waals surface area contributed by atoms with Crippen LogP contribution in [0.5, 0.6) is 0 Å². The maximum atomic E-state index is 12.8. The monoisotopic (exact) mass is 1370 g/mol. The van der Waals surface area contributed by atoms with Crippen LogP contribution in [0, 0.1) is 151 Å². The topological polar surface area (TPSA) is 176 Å². The van der Waals surface area contributed by atoms with Crippen molar-refractivity contribution in [2.75, 3.05) is 6.61 Å². The Morgan fingerprint density at radius 3 is 1.04 bits per heavy atom. The lowest BCUT2D eigenvalue weighted by Gasteiger charge is -2.71. The van der Waals surface area contributed by atoms with Gasteiger partial charge in [0.2, 0.25) is 0 Å². The van der Waals surface area contributed by atoms with Crippen molar-refractivity contribution in [3.05, 3.63) is 34.9 Å². The molecule has 0 unspecified atom stereocenters. The molecule has 0 aliphatic heterocycles. The first-order valence-electron chi connectivity index (χ1n) is 41.4. The molecule has 560 valence electrons. The first-order chi connectivity index (χ1) is 45.5. The van der Waals surface area contributed by atoms with E-state index in [0.29, 0.717) is 70.7 Å². The van der Waals surface area contributed by atoms with Crippen LogP contribution in [0.4, 0.5) is 0 Å². The Balaban J connectivity index is 0.000000133. The molecule has 12 fully saturated rings. The van der Waals surface area contributed by atoms with Crippen molar-refractivity contribution >= 4 is 11.9 Å². The van der Waals surface area contributed by atoms with E-state index in [1.54, 1.807) is 5.57 Å². The molecule has 0 aromatic rings. The van der Waals surface area contributed by atoms with Crippen molar-refractivity contribution in [3.63, 3.8) is 0 Å². The summed E-state index contributed by atoms with van der Waals surface area (Å²) in [6.45, 7) is 51.1. The Hall–Kier alpha value is -2.04. The van der Waals surface area contributed by atoms with Gasteiger partial charge in [0.15, 0.2) is 0 Å². The number of aliphatic carboxylic acids is 2. The molecule has 0 radical (unpaired) electrons. The van der Waals surface area contributed by atoms with E-state index < -0.39 is 35.0 Å². The predicted octanol–water partition coefficient (Wildman–Crippen LogP) is 20.6. The summed E-state index contributed by atoms with van der Waals surface area (Å²) in [5, 5.41) is 75.3. The minimum atomic E-state index is -0.679. The smallest absolute Gasteiger partial charge is 0.310 e. The van der Waals surface area contributed by atoms with E-state index in [4.69, 9.17) is 0 Å². The molecule has 99 heavy (non-hydrogen) atoms. The van der Waals surface area contributed by atoms with Gasteiger partial charge in [-0.3, -0.25) is 9.59 Å². The van der Waals surface area contributed by atoms with Crippen LogP contribution in [0.3, 0.4) is 0 Å². The Kier molecular flexibility index (Phi) is 17.7. The first-order valence-corrected chi connectivity index (χ1v) is 41.4. The number of hydrogen-bond acceptors (Lipinski definition) is 7. The van der Waals surface area contributed by atoms with Gasteiger partial charge in [-0.1, -0.05) is 180 Å². The summed E-state index contributed by atoms with van der Waals surface area (Å²) in [5.74, 6) is 3.05. The molecule has 15 rings (SSSR count). The molecule has 15 aliphatic carbocycles. The van der Waals surface area contributed by atoms with E-state index in [0.717, 1.165) is 109 Å². The third-order valence-corrected chi connectivity index (χ3v) is 39.2. The molecule has 0 saturated heterocycles. The molecule has 9 heteroatoms. The number of carboxylic acid groups (broad SMARTS) is 2. The number of allylic oxidation sites excluding steroid dienone is 6. The van der Waals surface area contributed by atoms with Gasteiger partial charge < -0.3 is 35.7 Å². The molecular weight excluding hydrogens is 1220 g/mol. The minimum Gasteiger partial charge on any atom is -0.481 e. The lowest BCUT2D eigenvalue weighted by atomic mass is 9.33. The molecule has 0 aromatic heterocycles. The summed E-state index contributed by atoms with van der Waals surface area (Å²) in [6, 6.07) is 0. The predicted molar refractivity (Wildman–Crippen MR) is 399 cm³/mol. The maximum absolute atomic E-state index is 12.8. The Bertz CT molecular complexity index is 3290. The van der Waals surface area contributed by atoms with Gasteiger partial charge in [-0.05, 0) is 321 Å². The number of aliphatic hydroxyl groups excluding tert-OH is 5. The Morgan fingerprint density at radius 2 is 0.667 bits per heavy atom. The van der Waals surface area contributed by atoms with Crippen LogP contribution >= 0.6 is 0 Å². The molecule has 7 N–H and O–H groups in total. The molecule has 25 atom stereocenters. The molecule has 15 aliphatic rings. The van der Waals surface area contributed by atoms with Crippen molar-refractivity contribution in [2.45, 2.75) is 356 Å². The zero-order chi connectivity index (χ0) is 72.7. The normalized spacial score (nSPS) is 53.2. The second kappa shape index (κ2) is 23.2. The molecule has 0 bridgehead atoms. The third-order valence-electron chi connectivity index (χ3n) is 39.2. The van der Waals surface area contributed by atoms with Crippen LogP contribution in [-0.4, -0.2) is 78.7 Å². The van der Waals surface area contributed by atoms with Gasteiger partial charge in [0, 0.05) is 12.0 Å². The van der Waals surface area contributed by atoms with Gasteiger partial charge in [0.05, 0.1) is 35.2 Å². The van der Waals surface area contributed by atoms with Crippen molar-refractivity contribution in [1.29, 1.82) is 0 Å². The fourth-order valence-electron chi connectivity index (χ4n) is 32.0. The van der Waals surface area contributed by atoms with E-state index >= 15 is 0 Å². The van der Waals surface area contributed by atoms with E-state index in [1.807, 2.05) is 0 Å². The summed E-state index contributed by atoms with van der Waals surface area (Å²) in [4.78, 5) is 25.5. The van der Waals surface area contributed by atoms with E-state index in [2.05, 4.69) is 164 Å². The molecule has 0 aromatic carbocycles. The van der Waals surface area contributed by atoms with Crippen molar-refractivity contribution < 1.29 is 45.3 Å². The molecule has 0 amide bonds. The van der Waals surface area contributed by atoms with Crippen LogP contribution in [0.15, 0.2) is 34.9 Å². The van der Waals surface area contributed by atoms with Crippen molar-refractivity contribution in [3.8, 4) is 0 Å². The highest BCUT2D eigenvalue weighted by molar-refractivity contribution is 5.77. The summed E-state index contributed by atoms with van der Waals surface area (Å²) in [7, 11) is 0. The highest BCUT2D eigenvalue weighted by Crippen LogP contribution is 2.80. The fourth-order valence-corrected chi connectivity index (χ4v) is 32.0. The van der Waals surface area contributed by atoms with E-state index in [1.165, 1.54) is 81.8 Å². The number of fused-ring (bicyclic) bond motifs is 21. The van der Waals surface area contributed by atoms with Gasteiger partial charge in [0.1, 0.15) is 0 Å². The number of rotatable bonds is 3. The van der Waals surface area contributed by atoms with E-state index in [-0.39, 0.29) is 94.4 Å². The molecular formula is C90H146O9. The highest BCUT2D eigenvalue weighted by atomic mass is 16.4. The summed E-state index contributed by atoms with van der Waals surface area (Å²) >= 11 is 0. The van der Waals surface area contributed by atoms with Crippen LogP contribution < -0.4 is 0 Å². The van der Waals surface area contributed by atoms with Gasteiger partial charge in [-0.25, -0.2) is 0 Å². The average Bonchev–Trinajstić information content (AvgIpc) is 0.686. The molecule has 0 spiro atoms. The van der Waals surface area contributed by atoms with Gasteiger partial charge in [-0.15, -0.1) is 0 Å². The average molecular weight is 1370 g/mol. The van der Waals surface area contributed by atoms with Crippen molar-refractivity contribution in [2.24, 2.45) is 151 Å². The third kappa shape index (κ3) is 10.1. The highest BCUT2D eigenvalue weighted by Gasteiger charge is 2.74. The quantitative estimate of drug-likeness (QED) is 0.136. The second-order valence-electron chi connectivity index (χ2n) is 45.4. The zero-order valence-corrected chi connectivity index (χ0v) is 66.9. The zero-order valence-electron chi connectivity index (χ0n) is 66.9. The van der Waals surface area contributed by atoms with Gasteiger partial charge in [0.25, 0.3) is 0 Å². The van der Waals surface area contributed by atoms with Crippen LogP contribution in [0.25, 0.3) is 0 Å². The number of carboxylic acids is 2. The second-order valence-corrected chi connectivity index (χ2v) is 45.4. The summed E-state index contributed by atoms with van der Waals surface area (Å²) in [5.41, 5.74) is 5.59. The van der Waals surface area contributed by atoms with Gasteiger partial charge >= 0.3 is 11.9 Å². The van der Waals surface area contributed by atoms with Crippen LogP contribution in [0.2, 0.25) is 0 Å². The van der Waals surface area contributed by atoms with Gasteiger partial charge in [-0.2, -0.15) is 0 Å². The molecule has 12 saturated carbocycles. The molecule has 9 nitrogen and oxygen atoms in total. The number of aliphatic hydroxyl groups is 5. The van der Waals surface area contributed by atoms with Crippen LogP contribution in [-0.2, 0) is 9.59 Å². The number of hydrogen-bond donors (Lipinski definition) is 7. The Morgan fingerprint density at radius 1 is 0.354 bits per heavy atom. The lowest BCUT2D eigenvalue weighted by molar-refractivity contribution is -0.231. The first kappa shape index (κ1) is 75.2. The fraction of sp³-hybridized carbons (Fsp3) is 0.911. The van der Waals surface area contributed by atoms with Crippen LogP contribution in [0.1, 0.15) is 332 Å². The number of carbonyl (C=O) groups is 2. The summed E-state index contributed by atoms with van der Waals surface area (Å²) < 4.78 is 0. The lowest BCUT2D eigenvalue weighted by Crippen LogP contribution is -2.67. The van der Waals surface area contributed by atoms with E-state index in [9.17, 15) is 45.3 Å². The standard InChI is InChI=1S/C30H48O4.C30H48O3.C30H50O2/c1-25(2)12-14-30(24(33)34)15-13-28(6)18(19(30)16-25)8-9-22-27(5)17-20(31)23(32)26(3,4)21(27)10-11-29(22,28)7;1-25(2)14-16-30(24(32)33)17-15-28(6)19(20(30)18-25)8-9-22-27(5)12-11-23(31)26(3,4)21(27)10-13-29(22,28)7;1-25(2)14-16-30(19-31)17-15-28(6)20(21(30)18-25)8-9-23-27(5)12-11-24(32)26(3,4)22(27)10-13-29(23,28)7/h8,19-23,31-32H,9-17H2,1-7H3,(H,33,34);8,20-23,31H,9-18H2,1-7H3,(H,32,33);8,21-24,31-32H,9-19H2,1-7H3/t19-,20+,21-,22+,23-,27-,28+,29+,30-;20-,21-,22+,23-,27-,28+,29+,30-;21-,22-,23+,24-,27-,28+,29+,30+/m000/s1. The van der Waals surface area contributed by atoms with Crippen molar-refractivity contribution in [1.82, 2.24) is 0 Å². The molecule has 0 heterocycles. The largest absolute Gasteiger partial charge is 0.481 e. The Labute approximate surface area is 602 Å².